The summed E-state index contributed by atoms with van der Waals surface area (Å²) in [4.78, 5) is 17.7. The van der Waals surface area contributed by atoms with Gasteiger partial charge in [-0.15, -0.1) is 0 Å². The average molecular weight is 483 g/mol. The Bertz CT molecular complexity index is 1580. The number of halogens is 1. The highest BCUT2D eigenvalue weighted by Gasteiger charge is 2.31. The number of Topliss-reactive ketones (excluding diaryl/α,β-unsaturated/α-hetero) is 1. The lowest BCUT2D eigenvalue weighted by molar-refractivity contribution is -0.138. The standard InChI is InChI=1S/C30H27FN2O3/c1-16-12-22-19(15-32)13-20(31)14-23(22)27(25(16)29(17(2)34)36-30(3,4)5)21-6-7-24-26-18(9-11-35-24)8-10-33-28(21)26/h6-8,10,12-14,29H,9,11H2,1-5H3/t29-/m1/s1. The summed E-state index contributed by atoms with van der Waals surface area (Å²) in [5, 5.41) is 11.9. The van der Waals surface area contributed by atoms with Gasteiger partial charge in [0.15, 0.2) is 5.78 Å². The molecule has 4 aromatic rings. The van der Waals surface area contributed by atoms with E-state index in [9.17, 15) is 14.4 Å². The Kier molecular flexibility index (Phi) is 5.77. The SMILES string of the molecule is CC(=O)[C@@H](OC(C)(C)C)c1c(C)cc2c(C#N)cc(F)cc2c1-c1ccc2c3c(ccnc13)CCO2. The van der Waals surface area contributed by atoms with Gasteiger partial charge < -0.3 is 9.47 Å². The first-order chi connectivity index (χ1) is 17.1. The molecular formula is C30H27FN2O3. The van der Waals surface area contributed by atoms with Gasteiger partial charge in [-0.2, -0.15) is 5.26 Å². The zero-order valence-electron chi connectivity index (χ0n) is 21.0. The van der Waals surface area contributed by atoms with Gasteiger partial charge in [0, 0.05) is 29.0 Å². The lowest BCUT2D eigenvalue weighted by Crippen LogP contribution is -2.27. The lowest BCUT2D eigenvalue weighted by atomic mass is 9.84. The third-order valence-corrected chi connectivity index (χ3v) is 6.53. The van der Waals surface area contributed by atoms with E-state index in [2.05, 4.69) is 6.07 Å². The predicted octanol–water partition coefficient (Wildman–Crippen LogP) is 6.75. The fourth-order valence-electron chi connectivity index (χ4n) is 5.14. The van der Waals surface area contributed by atoms with Crippen LogP contribution in [0.5, 0.6) is 5.75 Å². The van der Waals surface area contributed by atoms with E-state index in [4.69, 9.17) is 14.5 Å². The Hall–Kier alpha value is -3.82. The van der Waals surface area contributed by atoms with Crippen molar-refractivity contribution in [2.75, 3.05) is 6.61 Å². The topological polar surface area (TPSA) is 72.2 Å². The molecule has 36 heavy (non-hydrogen) atoms. The molecule has 1 aromatic heterocycles. The predicted molar refractivity (Wildman–Crippen MR) is 138 cm³/mol. The van der Waals surface area contributed by atoms with Gasteiger partial charge in [0.2, 0.25) is 0 Å². The molecule has 0 fully saturated rings. The fraction of sp³-hybridized carbons (Fsp3) is 0.300. The highest BCUT2D eigenvalue weighted by molar-refractivity contribution is 6.10. The van der Waals surface area contributed by atoms with Crippen LogP contribution in [0.1, 0.15) is 56.1 Å². The van der Waals surface area contributed by atoms with E-state index >= 15 is 0 Å². The number of fused-ring (bicyclic) bond motifs is 1. The Morgan fingerprint density at radius 3 is 2.67 bits per heavy atom. The van der Waals surface area contributed by atoms with Crippen LogP contribution in [-0.4, -0.2) is 23.0 Å². The first-order valence-electron chi connectivity index (χ1n) is 12.0. The minimum atomic E-state index is -0.889. The van der Waals surface area contributed by atoms with Crippen LogP contribution >= 0.6 is 0 Å². The molecule has 0 radical (unpaired) electrons. The summed E-state index contributed by atoms with van der Waals surface area (Å²) in [5.41, 5.74) is 4.27. The maximum Gasteiger partial charge on any atom is 0.163 e. The van der Waals surface area contributed by atoms with Crippen molar-refractivity contribution < 1.29 is 18.7 Å². The summed E-state index contributed by atoms with van der Waals surface area (Å²) in [7, 11) is 0. The molecule has 182 valence electrons. The second kappa shape index (κ2) is 8.69. The van der Waals surface area contributed by atoms with Crippen molar-refractivity contribution in [1.82, 2.24) is 4.98 Å². The Balaban J connectivity index is 1.97. The number of nitrogens with zero attached hydrogens (tertiary/aromatic N) is 2. The van der Waals surface area contributed by atoms with Gasteiger partial charge in [0.25, 0.3) is 0 Å². The molecule has 0 amide bonds. The normalized spacial score (nSPS) is 13.9. The van der Waals surface area contributed by atoms with Gasteiger partial charge in [-0.05, 0) is 98.7 Å². The summed E-state index contributed by atoms with van der Waals surface area (Å²) < 4.78 is 27.1. The van der Waals surface area contributed by atoms with Crippen LogP contribution in [0.2, 0.25) is 0 Å². The summed E-state index contributed by atoms with van der Waals surface area (Å²) in [5.74, 6) is 0.0642. The summed E-state index contributed by atoms with van der Waals surface area (Å²) in [6.07, 6.45) is 1.64. The van der Waals surface area contributed by atoms with Gasteiger partial charge in [0.05, 0.1) is 29.4 Å². The first-order valence-corrected chi connectivity index (χ1v) is 12.0. The van der Waals surface area contributed by atoms with Crippen LogP contribution in [0, 0.1) is 24.1 Å². The molecule has 0 saturated heterocycles. The number of aromatic nitrogens is 1. The number of ketones is 1. The third kappa shape index (κ3) is 4.00. The Morgan fingerprint density at radius 2 is 1.97 bits per heavy atom. The van der Waals surface area contributed by atoms with Crippen LogP contribution in [0.3, 0.4) is 0 Å². The molecule has 5 rings (SSSR count). The summed E-state index contributed by atoms with van der Waals surface area (Å²) in [6, 6.07) is 12.4. The van der Waals surface area contributed by atoms with Crippen molar-refractivity contribution in [3.63, 3.8) is 0 Å². The number of benzene rings is 3. The molecule has 0 aliphatic carbocycles. The second-order valence-electron chi connectivity index (χ2n) is 10.3. The van der Waals surface area contributed by atoms with Crippen LogP contribution in [0.4, 0.5) is 4.39 Å². The van der Waals surface area contributed by atoms with E-state index in [0.717, 1.165) is 34.2 Å². The van der Waals surface area contributed by atoms with E-state index in [1.807, 2.05) is 52.0 Å². The monoisotopic (exact) mass is 482 g/mol. The van der Waals surface area contributed by atoms with Crippen molar-refractivity contribution in [1.29, 1.82) is 5.26 Å². The van der Waals surface area contributed by atoms with Gasteiger partial charge in [-0.3, -0.25) is 9.78 Å². The smallest absolute Gasteiger partial charge is 0.163 e. The second-order valence-corrected chi connectivity index (χ2v) is 10.3. The molecule has 5 nitrogen and oxygen atoms in total. The van der Waals surface area contributed by atoms with E-state index in [1.165, 1.54) is 19.1 Å². The van der Waals surface area contributed by atoms with Gasteiger partial charge in [-0.1, -0.05) is 0 Å². The molecule has 0 N–H and O–H groups in total. The van der Waals surface area contributed by atoms with Crippen LogP contribution in [0.25, 0.3) is 32.8 Å². The van der Waals surface area contributed by atoms with E-state index in [0.29, 0.717) is 34.0 Å². The van der Waals surface area contributed by atoms with Crippen LogP contribution < -0.4 is 4.74 Å². The van der Waals surface area contributed by atoms with Crippen molar-refractivity contribution >= 4 is 27.5 Å². The fourth-order valence-corrected chi connectivity index (χ4v) is 5.14. The number of nitriles is 1. The lowest BCUT2D eigenvalue weighted by Gasteiger charge is -2.30. The first kappa shape index (κ1) is 23.9. The minimum Gasteiger partial charge on any atom is -0.493 e. The van der Waals surface area contributed by atoms with Crippen LogP contribution in [-0.2, 0) is 16.0 Å². The highest BCUT2D eigenvalue weighted by atomic mass is 19.1. The molecule has 0 saturated carbocycles. The molecular weight excluding hydrogens is 455 g/mol. The third-order valence-electron chi connectivity index (χ3n) is 6.53. The zero-order chi connectivity index (χ0) is 25.8. The van der Waals surface area contributed by atoms with Crippen molar-refractivity contribution in [3.05, 3.63) is 70.7 Å². The summed E-state index contributed by atoms with van der Waals surface area (Å²) in [6.45, 7) is 9.67. The molecule has 1 atom stereocenters. The molecule has 0 spiro atoms. The van der Waals surface area contributed by atoms with Crippen molar-refractivity contribution in [3.8, 4) is 22.9 Å². The highest BCUT2D eigenvalue weighted by Crippen LogP contribution is 2.45. The van der Waals surface area contributed by atoms with Gasteiger partial charge in [-0.25, -0.2) is 4.39 Å². The van der Waals surface area contributed by atoms with Crippen molar-refractivity contribution in [2.24, 2.45) is 0 Å². The van der Waals surface area contributed by atoms with E-state index < -0.39 is 17.5 Å². The van der Waals surface area contributed by atoms with Crippen LogP contribution in [0.15, 0.2) is 42.6 Å². The van der Waals surface area contributed by atoms with Crippen molar-refractivity contribution in [2.45, 2.75) is 52.7 Å². The number of aryl methyl sites for hydroxylation is 1. The molecule has 0 unspecified atom stereocenters. The Morgan fingerprint density at radius 1 is 1.19 bits per heavy atom. The van der Waals surface area contributed by atoms with E-state index in [-0.39, 0.29) is 11.3 Å². The zero-order valence-corrected chi connectivity index (χ0v) is 21.0. The quantitative estimate of drug-likeness (QED) is 0.322. The number of carbonyl (C=O) groups is 1. The average Bonchev–Trinajstić information content (AvgIpc) is 2.82. The molecule has 1 aliphatic heterocycles. The maximum atomic E-state index is 14.9. The molecule has 2 heterocycles. The molecule has 1 aliphatic rings. The minimum absolute atomic E-state index is 0.162. The maximum absolute atomic E-state index is 14.9. The Labute approximate surface area is 209 Å². The number of carbonyl (C=O) groups excluding carboxylic acids is 1. The van der Waals surface area contributed by atoms with Gasteiger partial charge in [0.1, 0.15) is 17.7 Å². The number of hydrogen-bond acceptors (Lipinski definition) is 5. The number of rotatable bonds is 4. The number of ether oxygens (including phenoxy) is 2. The number of pyridine rings is 1. The van der Waals surface area contributed by atoms with E-state index in [1.54, 1.807) is 6.20 Å². The van der Waals surface area contributed by atoms with Gasteiger partial charge >= 0.3 is 0 Å². The molecule has 0 bridgehead atoms. The largest absolute Gasteiger partial charge is 0.493 e. The molecule has 3 aromatic carbocycles. The number of hydrogen-bond donors (Lipinski definition) is 0. The molecule has 6 heteroatoms. The summed E-state index contributed by atoms with van der Waals surface area (Å²) >= 11 is 0.